The summed E-state index contributed by atoms with van der Waals surface area (Å²) in [6.07, 6.45) is 1.31. The third-order valence-electron chi connectivity index (χ3n) is 3.36. The Hall–Kier alpha value is -1.38. The summed E-state index contributed by atoms with van der Waals surface area (Å²) >= 11 is 0. The second-order valence-electron chi connectivity index (χ2n) is 5.11. The Balaban J connectivity index is 1.92. The molecule has 0 aromatic heterocycles. The molecule has 1 aromatic rings. The number of benzene rings is 1. The molecule has 3 heteroatoms. The van der Waals surface area contributed by atoms with Crippen LogP contribution < -0.4 is 16.8 Å². The van der Waals surface area contributed by atoms with Crippen LogP contribution in [0.25, 0.3) is 0 Å². The van der Waals surface area contributed by atoms with Crippen LogP contribution in [-0.4, -0.2) is 6.54 Å². The van der Waals surface area contributed by atoms with E-state index in [0.29, 0.717) is 16.8 Å². The molecular formula is C12H19N3. The minimum Gasteiger partial charge on any atom is -0.397 e. The van der Waals surface area contributed by atoms with Gasteiger partial charge < -0.3 is 16.8 Å². The summed E-state index contributed by atoms with van der Waals surface area (Å²) in [5, 5.41) is 3.39. The summed E-state index contributed by atoms with van der Waals surface area (Å²) in [4.78, 5) is 0. The van der Waals surface area contributed by atoms with Crippen molar-refractivity contribution in [3.05, 3.63) is 18.2 Å². The van der Waals surface area contributed by atoms with E-state index in [1.165, 1.54) is 6.42 Å². The van der Waals surface area contributed by atoms with Gasteiger partial charge in [-0.2, -0.15) is 0 Å². The van der Waals surface area contributed by atoms with Crippen molar-refractivity contribution in [3.63, 3.8) is 0 Å². The van der Waals surface area contributed by atoms with Crippen LogP contribution >= 0.6 is 0 Å². The highest BCUT2D eigenvalue weighted by atomic mass is 14.9. The Morgan fingerprint density at radius 2 is 2.00 bits per heavy atom. The first-order valence-corrected chi connectivity index (χ1v) is 5.38. The number of anilines is 3. The third-order valence-corrected chi connectivity index (χ3v) is 3.36. The minimum atomic E-state index is 0.520. The van der Waals surface area contributed by atoms with Crippen LogP contribution in [0.2, 0.25) is 0 Å². The smallest absolute Gasteiger partial charge is 0.0568 e. The van der Waals surface area contributed by atoms with Crippen LogP contribution in [0.3, 0.4) is 0 Å². The summed E-state index contributed by atoms with van der Waals surface area (Å²) in [6, 6.07) is 5.71. The van der Waals surface area contributed by atoms with Crippen LogP contribution in [-0.2, 0) is 0 Å². The summed E-state index contributed by atoms with van der Waals surface area (Å²) in [6.45, 7) is 5.63. The van der Waals surface area contributed by atoms with E-state index in [2.05, 4.69) is 19.2 Å². The molecule has 0 amide bonds. The van der Waals surface area contributed by atoms with Crippen LogP contribution in [0.15, 0.2) is 18.2 Å². The maximum atomic E-state index is 5.73. The number of hydrogen-bond donors (Lipinski definition) is 3. The first-order valence-electron chi connectivity index (χ1n) is 5.38. The van der Waals surface area contributed by atoms with Crippen molar-refractivity contribution in [1.29, 1.82) is 0 Å². The predicted molar refractivity (Wildman–Crippen MR) is 65.6 cm³/mol. The van der Waals surface area contributed by atoms with E-state index in [1.54, 1.807) is 0 Å². The molecule has 1 atom stereocenters. The molecule has 5 N–H and O–H groups in total. The quantitative estimate of drug-likeness (QED) is 0.663. The molecule has 3 nitrogen and oxygen atoms in total. The third kappa shape index (κ3) is 2.17. The van der Waals surface area contributed by atoms with E-state index < -0.39 is 0 Å². The minimum absolute atomic E-state index is 0.520. The number of hydrogen-bond acceptors (Lipinski definition) is 3. The normalized spacial score (nSPS) is 22.4. The maximum absolute atomic E-state index is 5.73. The van der Waals surface area contributed by atoms with Gasteiger partial charge in [-0.25, -0.2) is 0 Å². The van der Waals surface area contributed by atoms with Gasteiger partial charge in [0.15, 0.2) is 0 Å². The van der Waals surface area contributed by atoms with E-state index >= 15 is 0 Å². The molecule has 1 aliphatic carbocycles. The lowest BCUT2D eigenvalue weighted by atomic mass is 10.1. The summed E-state index contributed by atoms with van der Waals surface area (Å²) in [5.41, 5.74) is 14.3. The van der Waals surface area contributed by atoms with Crippen LogP contribution in [0.5, 0.6) is 0 Å². The first kappa shape index (κ1) is 10.1. The molecule has 2 rings (SSSR count). The lowest BCUT2D eigenvalue weighted by Crippen LogP contribution is -2.07. The van der Waals surface area contributed by atoms with Crippen molar-refractivity contribution in [2.45, 2.75) is 20.3 Å². The van der Waals surface area contributed by atoms with E-state index in [1.807, 2.05) is 18.2 Å². The molecule has 1 fully saturated rings. The molecule has 15 heavy (non-hydrogen) atoms. The first-order chi connectivity index (χ1) is 6.99. The molecule has 0 heterocycles. The van der Waals surface area contributed by atoms with Gasteiger partial charge >= 0.3 is 0 Å². The second kappa shape index (κ2) is 3.33. The number of nitrogens with two attached hydrogens (primary N) is 2. The van der Waals surface area contributed by atoms with Gasteiger partial charge in [0.2, 0.25) is 0 Å². The number of nitrogens with one attached hydrogen (secondary N) is 1. The van der Waals surface area contributed by atoms with Gasteiger partial charge in [0.1, 0.15) is 0 Å². The average Bonchev–Trinajstić information content (AvgIpc) is 2.77. The van der Waals surface area contributed by atoms with Gasteiger partial charge in [-0.1, -0.05) is 13.8 Å². The monoisotopic (exact) mass is 205 g/mol. The van der Waals surface area contributed by atoms with E-state index in [9.17, 15) is 0 Å². The zero-order chi connectivity index (χ0) is 11.1. The van der Waals surface area contributed by atoms with E-state index in [4.69, 9.17) is 11.5 Å². The molecule has 1 aromatic carbocycles. The molecule has 0 aliphatic heterocycles. The van der Waals surface area contributed by atoms with Crippen LogP contribution in [0.1, 0.15) is 20.3 Å². The molecule has 0 spiro atoms. The molecule has 0 bridgehead atoms. The van der Waals surface area contributed by atoms with Gasteiger partial charge in [0.05, 0.1) is 11.4 Å². The van der Waals surface area contributed by atoms with Crippen molar-refractivity contribution in [2.24, 2.45) is 11.3 Å². The molecular weight excluding hydrogens is 186 g/mol. The van der Waals surface area contributed by atoms with Crippen molar-refractivity contribution >= 4 is 17.1 Å². The highest BCUT2D eigenvalue weighted by Gasteiger charge is 2.44. The lowest BCUT2D eigenvalue weighted by molar-refractivity contribution is 0.573. The Labute approximate surface area is 90.8 Å². The Morgan fingerprint density at radius 3 is 2.53 bits per heavy atom. The summed E-state index contributed by atoms with van der Waals surface area (Å²) in [7, 11) is 0. The Bertz CT molecular complexity index is 371. The number of rotatable bonds is 3. The Morgan fingerprint density at radius 1 is 1.33 bits per heavy atom. The van der Waals surface area contributed by atoms with Crippen molar-refractivity contribution in [3.8, 4) is 0 Å². The van der Waals surface area contributed by atoms with Gasteiger partial charge in [-0.3, -0.25) is 0 Å². The van der Waals surface area contributed by atoms with Gasteiger partial charge in [-0.15, -0.1) is 0 Å². The number of nitrogen functional groups attached to an aromatic ring is 2. The van der Waals surface area contributed by atoms with Crippen LogP contribution in [0, 0.1) is 11.3 Å². The second-order valence-corrected chi connectivity index (χ2v) is 5.11. The molecule has 0 saturated heterocycles. The largest absolute Gasteiger partial charge is 0.397 e. The van der Waals surface area contributed by atoms with Gasteiger partial charge in [0.25, 0.3) is 0 Å². The Kier molecular flexibility index (Phi) is 2.25. The lowest BCUT2D eigenvalue weighted by Gasteiger charge is -2.09. The molecule has 1 saturated carbocycles. The molecule has 1 unspecified atom stereocenters. The summed E-state index contributed by atoms with van der Waals surface area (Å²) in [5.74, 6) is 0.788. The van der Waals surface area contributed by atoms with E-state index in [-0.39, 0.29) is 0 Å². The van der Waals surface area contributed by atoms with Crippen molar-refractivity contribution < 1.29 is 0 Å². The standard InChI is InChI=1S/C12H19N3/c1-12(2)6-8(12)7-15-9-3-4-10(13)11(14)5-9/h3-5,8,15H,6-7,13-14H2,1-2H3. The topological polar surface area (TPSA) is 64.1 Å². The SMILES string of the molecule is CC1(C)CC1CNc1ccc(N)c(N)c1. The fourth-order valence-corrected chi connectivity index (χ4v) is 1.85. The van der Waals surface area contributed by atoms with Crippen molar-refractivity contribution in [1.82, 2.24) is 0 Å². The van der Waals surface area contributed by atoms with Crippen LogP contribution in [0.4, 0.5) is 17.1 Å². The maximum Gasteiger partial charge on any atom is 0.0568 e. The molecule has 82 valence electrons. The fourth-order valence-electron chi connectivity index (χ4n) is 1.85. The average molecular weight is 205 g/mol. The highest BCUT2D eigenvalue weighted by molar-refractivity contribution is 5.69. The zero-order valence-corrected chi connectivity index (χ0v) is 9.38. The van der Waals surface area contributed by atoms with Gasteiger partial charge in [-0.05, 0) is 36.0 Å². The van der Waals surface area contributed by atoms with Crippen molar-refractivity contribution in [2.75, 3.05) is 23.3 Å². The predicted octanol–water partition coefficient (Wildman–Crippen LogP) is 2.31. The van der Waals surface area contributed by atoms with E-state index in [0.717, 1.165) is 18.2 Å². The zero-order valence-electron chi connectivity index (χ0n) is 9.38. The van der Waals surface area contributed by atoms with Gasteiger partial charge in [0, 0.05) is 12.2 Å². The molecule has 1 aliphatic rings. The summed E-state index contributed by atoms with van der Waals surface area (Å²) < 4.78 is 0. The highest BCUT2D eigenvalue weighted by Crippen LogP contribution is 2.51. The fraction of sp³-hybridized carbons (Fsp3) is 0.500. The molecule has 0 radical (unpaired) electrons.